The Labute approximate surface area is 48.6 Å². The first-order chi connectivity index (χ1) is 2.83. The Morgan fingerprint density at radius 2 is 1.33 bits per heavy atom. The van der Waals surface area contributed by atoms with E-state index in [1.807, 2.05) is 14.1 Å². The lowest BCUT2D eigenvalue weighted by molar-refractivity contribution is 1.02. The quantitative estimate of drug-likeness (QED) is 0.486. The third-order valence-electron chi connectivity index (χ3n) is 0. The van der Waals surface area contributed by atoms with Crippen LogP contribution in [0.15, 0.2) is 0 Å². The van der Waals surface area contributed by atoms with Gasteiger partial charge in [-0.1, -0.05) is 0 Å². The van der Waals surface area contributed by atoms with Crippen molar-refractivity contribution in [3.05, 3.63) is 0 Å². The molecule has 1 nitrogen and oxygen atoms in total. The molecule has 0 aliphatic carbocycles. The summed E-state index contributed by atoms with van der Waals surface area (Å²) in [5.74, 6) is 0. The number of hydrogen-bond acceptors (Lipinski definition) is 1. The Balaban J connectivity index is 0. The van der Waals surface area contributed by atoms with Gasteiger partial charge in [0.05, 0.1) is 5.34 Å². The van der Waals surface area contributed by atoms with Gasteiger partial charge in [0.1, 0.15) is 0 Å². The molecule has 0 amide bonds. The molecule has 3 heteroatoms. The lowest BCUT2D eigenvalue weighted by Crippen LogP contribution is -1.89. The number of hydrogen-bond donors (Lipinski definition) is 1. The predicted octanol–water partition coefficient (Wildman–Crippen LogP) is 1.26. The van der Waals surface area contributed by atoms with E-state index in [1.165, 1.54) is 0 Å². The zero-order chi connectivity index (χ0) is 5.41. The van der Waals surface area contributed by atoms with Gasteiger partial charge in [-0.3, -0.25) is 0 Å². The highest BCUT2D eigenvalue weighted by atomic mass is 35.5. The Morgan fingerprint density at radius 1 is 1.33 bits per heavy atom. The normalized spacial score (nSPS) is 6.00. The standard InChI is InChI=1S/C2H7N.CH2Cl2/c1-3-2;2-1-3/h3H,1-2H3;1H2. The lowest BCUT2D eigenvalue weighted by atomic mass is 11.3. The molecule has 0 fully saturated rings. The molecule has 0 aromatic heterocycles. The number of nitrogens with one attached hydrogen (secondary N) is 1. The first-order valence-electron chi connectivity index (χ1n) is 1.53. The van der Waals surface area contributed by atoms with Crippen molar-refractivity contribution in [1.82, 2.24) is 5.32 Å². The van der Waals surface area contributed by atoms with Gasteiger partial charge in [0.2, 0.25) is 0 Å². The van der Waals surface area contributed by atoms with E-state index in [1.54, 1.807) is 0 Å². The molecule has 0 aromatic carbocycles. The van der Waals surface area contributed by atoms with Crippen molar-refractivity contribution >= 4 is 23.2 Å². The number of halogens is 2. The maximum atomic E-state index is 4.76. The molecule has 40 valence electrons. The van der Waals surface area contributed by atoms with Gasteiger partial charge in [0.25, 0.3) is 0 Å². The van der Waals surface area contributed by atoms with E-state index in [0.717, 1.165) is 0 Å². The Kier molecular flexibility index (Phi) is 28.7. The first-order valence-corrected chi connectivity index (χ1v) is 2.60. The average molecular weight is 130 g/mol. The van der Waals surface area contributed by atoms with Crippen LogP contribution in [0.4, 0.5) is 0 Å². The third-order valence-corrected chi connectivity index (χ3v) is 0. The summed E-state index contributed by atoms with van der Waals surface area (Å²) < 4.78 is 0. The van der Waals surface area contributed by atoms with Crippen LogP contribution in [0.1, 0.15) is 0 Å². The van der Waals surface area contributed by atoms with Crippen LogP contribution in [0.3, 0.4) is 0 Å². The number of rotatable bonds is 0. The van der Waals surface area contributed by atoms with Gasteiger partial charge in [-0.05, 0) is 14.1 Å². The van der Waals surface area contributed by atoms with Crippen molar-refractivity contribution < 1.29 is 0 Å². The van der Waals surface area contributed by atoms with Crippen LogP contribution in [-0.4, -0.2) is 19.4 Å². The highest BCUT2D eigenvalue weighted by molar-refractivity contribution is 6.40. The molecule has 0 bridgehead atoms. The van der Waals surface area contributed by atoms with Crippen LogP contribution in [0.5, 0.6) is 0 Å². The van der Waals surface area contributed by atoms with Gasteiger partial charge < -0.3 is 5.32 Å². The van der Waals surface area contributed by atoms with E-state index in [-0.39, 0.29) is 5.34 Å². The smallest absolute Gasteiger partial charge is 0.0967 e. The van der Waals surface area contributed by atoms with Crippen LogP contribution >= 0.6 is 23.2 Å². The second-order valence-electron chi connectivity index (χ2n) is 0.601. The van der Waals surface area contributed by atoms with Gasteiger partial charge >= 0.3 is 0 Å². The summed E-state index contributed by atoms with van der Waals surface area (Å²) in [5.41, 5.74) is 0. The molecule has 0 saturated carbocycles. The Bertz CT molecular complexity index is 10.8. The summed E-state index contributed by atoms with van der Waals surface area (Å²) in [5, 5.41) is 2.94. The molecular weight excluding hydrogens is 121 g/mol. The first kappa shape index (κ1) is 9.74. The summed E-state index contributed by atoms with van der Waals surface area (Å²) in [7, 11) is 3.75. The second-order valence-corrected chi connectivity index (χ2v) is 1.41. The Morgan fingerprint density at radius 3 is 1.33 bits per heavy atom. The van der Waals surface area contributed by atoms with Gasteiger partial charge in [-0.2, -0.15) is 0 Å². The minimum absolute atomic E-state index is 0.194. The highest BCUT2D eigenvalue weighted by Crippen LogP contribution is 1.73. The van der Waals surface area contributed by atoms with E-state index in [9.17, 15) is 0 Å². The maximum absolute atomic E-state index is 4.76. The minimum Gasteiger partial charge on any atom is -0.323 e. The van der Waals surface area contributed by atoms with Crippen molar-refractivity contribution in [2.24, 2.45) is 0 Å². The molecular formula is C3H9Cl2N. The van der Waals surface area contributed by atoms with Crippen LogP contribution in [0.25, 0.3) is 0 Å². The summed E-state index contributed by atoms with van der Waals surface area (Å²) in [6, 6.07) is 0. The molecule has 0 aliphatic heterocycles. The van der Waals surface area contributed by atoms with E-state index in [2.05, 4.69) is 5.32 Å². The van der Waals surface area contributed by atoms with Gasteiger partial charge in [0, 0.05) is 0 Å². The predicted molar refractivity (Wildman–Crippen MR) is 31.6 cm³/mol. The lowest BCUT2D eigenvalue weighted by Gasteiger charge is -1.59. The molecule has 0 radical (unpaired) electrons. The fraction of sp³-hybridized carbons (Fsp3) is 1.00. The monoisotopic (exact) mass is 129 g/mol. The molecule has 0 rings (SSSR count). The SMILES string of the molecule is CNC.ClCCl. The van der Waals surface area contributed by atoms with Crippen LogP contribution in [-0.2, 0) is 0 Å². The second kappa shape index (κ2) is 17.7. The van der Waals surface area contributed by atoms with Gasteiger partial charge in [-0.25, -0.2) is 0 Å². The zero-order valence-electron chi connectivity index (χ0n) is 3.96. The summed E-state index contributed by atoms with van der Waals surface area (Å²) in [6.07, 6.45) is 0. The minimum atomic E-state index is 0.194. The van der Waals surface area contributed by atoms with Crippen molar-refractivity contribution in [2.75, 3.05) is 19.4 Å². The molecule has 6 heavy (non-hydrogen) atoms. The molecule has 0 aromatic rings. The molecule has 0 spiro atoms. The van der Waals surface area contributed by atoms with Crippen molar-refractivity contribution in [3.63, 3.8) is 0 Å². The van der Waals surface area contributed by atoms with E-state index in [4.69, 9.17) is 23.2 Å². The van der Waals surface area contributed by atoms with Crippen molar-refractivity contribution in [3.8, 4) is 0 Å². The van der Waals surface area contributed by atoms with Gasteiger partial charge in [-0.15, -0.1) is 23.2 Å². The zero-order valence-corrected chi connectivity index (χ0v) is 5.47. The average Bonchev–Trinajstić information content (AvgIpc) is 1.39. The molecule has 0 aliphatic rings. The molecule has 0 saturated heterocycles. The Hall–Kier alpha value is 0.540. The topological polar surface area (TPSA) is 12.0 Å². The molecule has 0 heterocycles. The highest BCUT2D eigenvalue weighted by Gasteiger charge is 1.41. The molecule has 0 atom stereocenters. The van der Waals surface area contributed by atoms with Crippen molar-refractivity contribution in [2.45, 2.75) is 0 Å². The van der Waals surface area contributed by atoms with Crippen molar-refractivity contribution in [1.29, 1.82) is 0 Å². The van der Waals surface area contributed by atoms with Crippen LogP contribution < -0.4 is 5.32 Å². The largest absolute Gasteiger partial charge is 0.323 e. The fourth-order valence-electron chi connectivity index (χ4n) is 0. The number of alkyl halides is 2. The van der Waals surface area contributed by atoms with Gasteiger partial charge in [0.15, 0.2) is 0 Å². The third kappa shape index (κ3) is 195. The molecule has 1 N–H and O–H groups in total. The molecule has 0 unspecified atom stereocenters. The van der Waals surface area contributed by atoms with E-state index in [0.29, 0.717) is 0 Å². The van der Waals surface area contributed by atoms with Crippen LogP contribution in [0, 0.1) is 0 Å². The summed E-state index contributed by atoms with van der Waals surface area (Å²) in [4.78, 5) is 0. The van der Waals surface area contributed by atoms with E-state index >= 15 is 0 Å². The van der Waals surface area contributed by atoms with E-state index < -0.39 is 0 Å². The maximum Gasteiger partial charge on any atom is 0.0967 e. The van der Waals surface area contributed by atoms with Crippen LogP contribution in [0.2, 0.25) is 0 Å². The fourth-order valence-corrected chi connectivity index (χ4v) is 0. The summed E-state index contributed by atoms with van der Waals surface area (Å²) >= 11 is 9.53. The summed E-state index contributed by atoms with van der Waals surface area (Å²) in [6.45, 7) is 0.